The molecule has 1 saturated heterocycles. The van der Waals surface area contributed by atoms with Gasteiger partial charge in [0, 0.05) is 24.9 Å². The molecule has 7 heteroatoms. The maximum absolute atomic E-state index is 13.1. The van der Waals surface area contributed by atoms with Crippen molar-refractivity contribution in [1.82, 2.24) is 10.2 Å². The highest BCUT2D eigenvalue weighted by molar-refractivity contribution is 7.90. The van der Waals surface area contributed by atoms with Crippen LogP contribution in [0.3, 0.4) is 0 Å². The first kappa shape index (κ1) is 18.1. The molecule has 2 aromatic carbocycles. The van der Waals surface area contributed by atoms with E-state index in [1.54, 1.807) is 17.0 Å². The number of benzene rings is 2. The molecule has 0 aromatic heterocycles. The molecule has 3 rings (SSSR count). The molecule has 0 radical (unpaired) electrons. The lowest BCUT2D eigenvalue weighted by Gasteiger charge is -2.29. The Morgan fingerprint density at radius 2 is 1.85 bits per heavy atom. The average Bonchev–Trinajstić information content (AvgIpc) is 2.83. The SMILES string of the molecule is CS(=O)(=O)c1cccc(C(=O)N2CCNC(=O)C[C@@H]2c2ccccc2)c1. The first-order chi connectivity index (χ1) is 12.4. The van der Waals surface area contributed by atoms with Gasteiger partial charge in [0.25, 0.3) is 5.91 Å². The van der Waals surface area contributed by atoms with Crippen LogP contribution in [0.1, 0.15) is 28.4 Å². The number of amides is 2. The Labute approximate surface area is 152 Å². The standard InChI is InChI=1S/C19H20N2O4S/c1-26(24,25)16-9-5-8-15(12-16)19(23)21-11-10-20-18(22)13-17(21)14-6-3-2-4-7-14/h2-9,12,17H,10-11,13H2,1H3,(H,20,22)/t17-/m1/s1. The summed E-state index contributed by atoms with van der Waals surface area (Å²) in [5, 5.41) is 2.79. The summed E-state index contributed by atoms with van der Waals surface area (Å²) in [5.41, 5.74) is 1.17. The first-order valence-electron chi connectivity index (χ1n) is 8.29. The molecule has 0 aliphatic carbocycles. The molecule has 1 N–H and O–H groups in total. The summed E-state index contributed by atoms with van der Waals surface area (Å²) in [5.74, 6) is -0.403. The third kappa shape index (κ3) is 3.94. The van der Waals surface area contributed by atoms with E-state index in [1.807, 2.05) is 30.3 Å². The molecule has 1 atom stereocenters. The van der Waals surface area contributed by atoms with Crippen LogP contribution in [-0.4, -0.2) is 44.5 Å². The van der Waals surface area contributed by atoms with Gasteiger partial charge >= 0.3 is 0 Å². The van der Waals surface area contributed by atoms with Crippen LogP contribution in [-0.2, 0) is 14.6 Å². The highest BCUT2D eigenvalue weighted by Crippen LogP contribution is 2.27. The smallest absolute Gasteiger partial charge is 0.254 e. The minimum Gasteiger partial charge on any atom is -0.354 e. The molecule has 0 unspecified atom stereocenters. The summed E-state index contributed by atoms with van der Waals surface area (Å²) in [6.45, 7) is 0.715. The van der Waals surface area contributed by atoms with Crippen LogP contribution in [0.15, 0.2) is 59.5 Å². The molecule has 1 fully saturated rings. The molecule has 1 aliphatic heterocycles. The van der Waals surface area contributed by atoms with E-state index in [0.717, 1.165) is 11.8 Å². The summed E-state index contributed by atoms with van der Waals surface area (Å²) in [7, 11) is -3.41. The maximum atomic E-state index is 13.1. The minimum atomic E-state index is -3.41. The predicted octanol–water partition coefficient (Wildman–Crippen LogP) is 1.79. The van der Waals surface area contributed by atoms with E-state index in [9.17, 15) is 18.0 Å². The fraction of sp³-hybridized carbons (Fsp3) is 0.263. The molecule has 26 heavy (non-hydrogen) atoms. The van der Waals surface area contributed by atoms with Crippen LogP contribution in [0.4, 0.5) is 0 Å². The first-order valence-corrected chi connectivity index (χ1v) is 10.2. The Balaban J connectivity index is 1.99. The summed E-state index contributed by atoms with van der Waals surface area (Å²) in [4.78, 5) is 26.9. The van der Waals surface area contributed by atoms with Crippen molar-refractivity contribution in [1.29, 1.82) is 0 Å². The summed E-state index contributed by atoms with van der Waals surface area (Å²) < 4.78 is 23.6. The Morgan fingerprint density at radius 1 is 1.12 bits per heavy atom. The van der Waals surface area contributed by atoms with Gasteiger partial charge < -0.3 is 10.2 Å². The van der Waals surface area contributed by atoms with Crippen molar-refractivity contribution in [2.45, 2.75) is 17.4 Å². The van der Waals surface area contributed by atoms with Crippen LogP contribution in [0.2, 0.25) is 0 Å². The number of rotatable bonds is 3. The van der Waals surface area contributed by atoms with Gasteiger partial charge in [-0.2, -0.15) is 0 Å². The Kier molecular flexibility index (Phi) is 5.08. The molecule has 2 amide bonds. The van der Waals surface area contributed by atoms with E-state index >= 15 is 0 Å². The summed E-state index contributed by atoms with van der Waals surface area (Å²) >= 11 is 0. The Morgan fingerprint density at radius 3 is 2.54 bits per heavy atom. The summed E-state index contributed by atoms with van der Waals surface area (Å²) in [6, 6.07) is 15.0. The van der Waals surface area contributed by atoms with Gasteiger partial charge in [-0.1, -0.05) is 36.4 Å². The van der Waals surface area contributed by atoms with Gasteiger partial charge in [-0.3, -0.25) is 9.59 Å². The average molecular weight is 372 g/mol. The van der Waals surface area contributed by atoms with Gasteiger partial charge in [0.05, 0.1) is 17.4 Å². The van der Waals surface area contributed by atoms with Crippen molar-refractivity contribution in [3.8, 4) is 0 Å². The number of hydrogen-bond donors (Lipinski definition) is 1. The number of carbonyl (C=O) groups is 2. The molecule has 6 nitrogen and oxygen atoms in total. The van der Waals surface area contributed by atoms with Crippen LogP contribution in [0.5, 0.6) is 0 Å². The number of carbonyl (C=O) groups excluding carboxylic acids is 2. The number of nitrogens with one attached hydrogen (secondary N) is 1. The van der Waals surface area contributed by atoms with E-state index < -0.39 is 15.9 Å². The molecule has 0 bridgehead atoms. The third-order valence-electron chi connectivity index (χ3n) is 4.38. The van der Waals surface area contributed by atoms with Crippen molar-refractivity contribution in [3.05, 3.63) is 65.7 Å². The summed E-state index contributed by atoms with van der Waals surface area (Å²) in [6.07, 6.45) is 1.28. The van der Waals surface area contributed by atoms with Gasteiger partial charge in [-0.05, 0) is 23.8 Å². The van der Waals surface area contributed by atoms with Gasteiger partial charge in [-0.15, -0.1) is 0 Å². The topological polar surface area (TPSA) is 83.6 Å². The van der Waals surface area contributed by atoms with Crippen LogP contribution >= 0.6 is 0 Å². The van der Waals surface area contributed by atoms with E-state index in [4.69, 9.17) is 0 Å². The molecule has 2 aromatic rings. The lowest BCUT2D eigenvalue weighted by Crippen LogP contribution is -2.36. The lowest BCUT2D eigenvalue weighted by molar-refractivity contribution is -0.121. The predicted molar refractivity (Wildman–Crippen MR) is 97.4 cm³/mol. The molecule has 136 valence electrons. The van der Waals surface area contributed by atoms with Gasteiger partial charge in [-0.25, -0.2) is 8.42 Å². The molecule has 0 saturated carbocycles. The highest BCUT2D eigenvalue weighted by Gasteiger charge is 2.30. The molecule has 1 aliphatic rings. The normalized spacial score (nSPS) is 18.1. The van der Waals surface area contributed by atoms with Gasteiger partial charge in [0.15, 0.2) is 9.84 Å². The second-order valence-electron chi connectivity index (χ2n) is 6.28. The van der Waals surface area contributed by atoms with Gasteiger partial charge in [0.1, 0.15) is 0 Å². The number of sulfone groups is 1. The quantitative estimate of drug-likeness (QED) is 0.890. The van der Waals surface area contributed by atoms with E-state index in [1.165, 1.54) is 12.1 Å². The second kappa shape index (κ2) is 7.29. The van der Waals surface area contributed by atoms with Crippen molar-refractivity contribution in [2.75, 3.05) is 19.3 Å². The van der Waals surface area contributed by atoms with Gasteiger partial charge in [0.2, 0.25) is 5.91 Å². The zero-order valence-corrected chi connectivity index (χ0v) is 15.2. The Hall–Kier alpha value is -2.67. The van der Waals surface area contributed by atoms with Crippen molar-refractivity contribution in [3.63, 3.8) is 0 Å². The van der Waals surface area contributed by atoms with Crippen LogP contribution < -0.4 is 5.32 Å². The zero-order valence-electron chi connectivity index (χ0n) is 14.4. The highest BCUT2D eigenvalue weighted by atomic mass is 32.2. The lowest BCUT2D eigenvalue weighted by atomic mass is 10.0. The monoisotopic (exact) mass is 372 g/mol. The minimum absolute atomic E-state index is 0.101. The van der Waals surface area contributed by atoms with E-state index in [-0.39, 0.29) is 23.1 Å². The van der Waals surface area contributed by atoms with Crippen molar-refractivity contribution in [2.24, 2.45) is 0 Å². The fourth-order valence-corrected chi connectivity index (χ4v) is 3.74. The number of nitrogens with zero attached hydrogens (tertiary/aromatic N) is 1. The molecule has 0 spiro atoms. The number of hydrogen-bond acceptors (Lipinski definition) is 4. The Bertz CT molecular complexity index is 926. The van der Waals surface area contributed by atoms with Crippen LogP contribution in [0, 0.1) is 0 Å². The largest absolute Gasteiger partial charge is 0.354 e. The fourth-order valence-electron chi connectivity index (χ4n) is 3.07. The van der Waals surface area contributed by atoms with Crippen molar-refractivity contribution < 1.29 is 18.0 Å². The third-order valence-corrected chi connectivity index (χ3v) is 5.49. The van der Waals surface area contributed by atoms with Crippen molar-refractivity contribution >= 4 is 21.7 Å². The maximum Gasteiger partial charge on any atom is 0.254 e. The molecular weight excluding hydrogens is 352 g/mol. The van der Waals surface area contributed by atoms with E-state index in [0.29, 0.717) is 18.7 Å². The molecular formula is C19H20N2O4S. The second-order valence-corrected chi connectivity index (χ2v) is 8.29. The zero-order chi connectivity index (χ0) is 18.7. The molecule has 1 heterocycles. The van der Waals surface area contributed by atoms with Crippen LogP contribution in [0.25, 0.3) is 0 Å². The van der Waals surface area contributed by atoms with E-state index in [2.05, 4.69) is 5.32 Å².